The highest BCUT2D eigenvalue weighted by molar-refractivity contribution is 5.47. The summed E-state index contributed by atoms with van der Waals surface area (Å²) in [5.41, 5.74) is -1.78. The first kappa shape index (κ1) is 19.9. The van der Waals surface area contributed by atoms with Gasteiger partial charge in [0.1, 0.15) is 11.9 Å². The van der Waals surface area contributed by atoms with Gasteiger partial charge in [-0.15, -0.1) is 0 Å². The number of hydrogen-bond acceptors (Lipinski definition) is 6. The van der Waals surface area contributed by atoms with E-state index < -0.39 is 23.4 Å². The van der Waals surface area contributed by atoms with Gasteiger partial charge in [-0.1, -0.05) is 0 Å². The maximum atomic E-state index is 13.6. The van der Waals surface area contributed by atoms with Crippen molar-refractivity contribution in [3.63, 3.8) is 0 Å². The first-order valence-electron chi connectivity index (χ1n) is 8.99. The number of aliphatic hydroxyl groups is 1. The van der Waals surface area contributed by atoms with Crippen LogP contribution in [0, 0.1) is 0 Å². The number of morpholine rings is 1. The van der Waals surface area contributed by atoms with Crippen LogP contribution in [0.3, 0.4) is 0 Å². The minimum atomic E-state index is -4.49. The summed E-state index contributed by atoms with van der Waals surface area (Å²) in [6.07, 6.45) is -4.75. The molecule has 10 heteroatoms. The minimum Gasteiger partial charge on any atom is -0.389 e. The number of anilines is 2. The van der Waals surface area contributed by atoms with Crippen molar-refractivity contribution < 1.29 is 23.0 Å². The Hall–Kier alpha value is -1.81. The number of hydrogen-bond donors (Lipinski definition) is 1. The lowest BCUT2D eigenvalue weighted by molar-refractivity contribution is -0.154. The molecule has 2 aliphatic heterocycles. The van der Waals surface area contributed by atoms with Crippen molar-refractivity contribution in [2.45, 2.75) is 57.6 Å². The Morgan fingerprint density at radius 1 is 1.33 bits per heavy atom. The molecule has 3 rings (SSSR count). The van der Waals surface area contributed by atoms with Crippen LogP contribution < -0.4 is 15.4 Å². The van der Waals surface area contributed by atoms with Crippen molar-refractivity contribution in [1.29, 1.82) is 0 Å². The second kappa shape index (κ2) is 6.97. The molecule has 1 N–H and O–H groups in total. The molecule has 0 bridgehead atoms. The summed E-state index contributed by atoms with van der Waals surface area (Å²) in [4.78, 5) is 19.9. The fraction of sp³-hybridized carbons (Fsp3) is 0.765. The van der Waals surface area contributed by atoms with E-state index in [1.165, 1.54) is 24.5 Å². The second-order valence-corrected chi connectivity index (χ2v) is 7.81. The van der Waals surface area contributed by atoms with E-state index in [0.717, 1.165) is 4.90 Å². The van der Waals surface area contributed by atoms with Crippen LogP contribution >= 0.6 is 0 Å². The van der Waals surface area contributed by atoms with Crippen LogP contribution in [-0.2, 0) is 11.3 Å². The Balaban J connectivity index is 2.08. The number of nitrogens with zero attached hydrogens (tertiary/aromatic N) is 4. The number of rotatable bonds is 3. The third-order valence-corrected chi connectivity index (χ3v) is 4.83. The molecule has 2 aliphatic rings. The lowest BCUT2D eigenvalue weighted by Crippen LogP contribution is -2.56. The number of β-amino-alcohol motifs (C(OH)–C–C–N with tert-alkyl or cyclic N) is 1. The fourth-order valence-electron chi connectivity index (χ4n) is 3.61. The number of alkyl halides is 3. The maximum Gasteiger partial charge on any atom is 0.408 e. The van der Waals surface area contributed by atoms with Gasteiger partial charge in [0.25, 0.3) is 5.56 Å². The summed E-state index contributed by atoms with van der Waals surface area (Å²) >= 11 is 0. The van der Waals surface area contributed by atoms with E-state index in [0.29, 0.717) is 25.6 Å². The Labute approximate surface area is 155 Å². The summed E-state index contributed by atoms with van der Waals surface area (Å²) in [6.45, 7) is 5.85. The number of ether oxygens (including phenoxy) is 1. The van der Waals surface area contributed by atoms with Gasteiger partial charge in [-0.05, 0) is 27.2 Å². The van der Waals surface area contributed by atoms with E-state index in [2.05, 4.69) is 4.98 Å². The standard InChI is InChI=1S/C17H25F3N4O3/c1-11-9-27-7-6-22(11)13-8-14(25)23-5-4-12(17(18,19)20)24(15(23)21-13)10-16(2,3)26/h8,11-12,26H,4-7,9-10H2,1-3H3/t11-,12+/m1/s1. The molecule has 0 aliphatic carbocycles. The molecule has 0 radical (unpaired) electrons. The molecule has 0 amide bonds. The largest absolute Gasteiger partial charge is 0.408 e. The molecule has 2 atom stereocenters. The van der Waals surface area contributed by atoms with Crippen LogP contribution in [0.15, 0.2) is 10.9 Å². The second-order valence-electron chi connectivity index (χ2n) is 7.81. The van der Waals surface area contributed by atoms with Crippen LogP contribution in [0.2, 0.25) is 0 Å². The lowest BCUT2D eigenvalue weighted by atomic mass is 10.0. The molecule has 1 saturated heterocycles. The monoisotopic (exact) mass is 390 g/mol. The number of fused-ring (bicyclic) bond motifs is 1. The van der Waals surface area contributed by atoms with Gasteiger partial charge in [0.15, 0.2) is 0 Å². The van der Waals surface area contributed by atoms with Gasteiger partial charge in [-0.2, -0.15) is 18.2 Å². The van der Waals surface area contributed by atoms with Crippen LogP contribution in [-0.4, -0.2) is 64.8 Å². The number of aromatic nitrogens is 2. The Bertz CT molecular complexity index is 744. The Morgan fingerprint density at radius 3 is 2.63 bits per heavy atom. The van der Waals surface area contributed by atoms with Gasteiger partial charge < -0.3 is 19.6 Å². The molecule has 1 aromatic rings. The molecular formula is C17H25F3N4O3. The van der Waals surface area contributed by atoms with Crippen molar-refractivity contribution in [2.24, 2.45) is 0 Å². The van der Waals surface area contributed by atoms with E-state index >= 15 is 0 Å². The molecule has 27 heavy (non-hydrogen) atoms. The normalized spacial score (nSPS) is 24.1. The Morgan fingerprint density at radius 2 is 2.04 bits per heavy atom. The molecule has 152 valence electrons. The predicted octanol–water partition coefficient (Wildman–Crippen LogP) is 1.38. The summed E-state index contributed by atoms with van der Waals surface area (Å²) in [5, 5.41) is 10.2. The van der Waals surface area contributed by atoms with Gasteiger partial charge >= 0.3 is 6.18 Å². The third kappa shape index (κ3) is 4.21. The molecule has 0 unspecified atom stereocenters. The SMILES string of the molecule is C[C@@H]1COCCN1c1cc(=O)n2c(n1)N(CC(C)(C)O)[C@H](C(F)(F)F)CC2. The lowest BCUT2D eigenvalue weighted by Gasteiger charge is -2.42. The van der Waals surface area contributed by atoms with Gasteiger partial charge in [0, 0.05) is 25.7 Å². The van der Waals surface area contributed by atoms with Crippen LogP contribution in [0.5, 0.6) is 0 Å². The van der Waals surface area contributed by atoms with Gasteiger partial charge in [-0.25, -0.2) is 0 Å². The summed E-state index contributed by atoms with van der Waals surface area (Å²) < 4.78 is 47.5. The molecule has 7 nitrogen and oxygen atoms in total. The van der Waals surface area contributed by atoms with Crippen molar-refractivity contribution in [3.8, 4) is 0 Å². The van der Waals surface area contributed by atoms with Crippen molar-refractivity contribution in [1.82, 2.24) is 9.55 Å². The average molecular weight is 390 g/mol. The summed E-state index contributed by atoms with van der Waals surface area (Å²) in [5.74, 6) is 0.289. The molecule has 3 heterocycles. The van der Waals surface area contributed by atoms with E-state index in [4.69, 9.17) is 4.74 Å². The first-order valence-corrected chi connectivity index (χ1v) is 8.99. The van der Waals surface area contributed by atoms with Crippen LogP contribution in [0.1, 0.15) is 27.2 Å². The Kier molecular flexibility index (Phi) is 5.15. The van der Waals surface area contributed by atoms with E-state index in [1.807, 2.05) is 11.8 Å². The molecule has 0 spiro atoms. The topological polar surface area (TPSA) is 70.8 Å². The molecular weight excluding hydrogens is 365 g/mol. The fourth-order valence-corrected chi connectivity index (χ4v) is 3.61. The van der Waals surface area contributed by atoms with Crippen molar-refractivity contribution in [2.75, 3.05) is 36.1 Å². The zero-order valence-electron chi connectivity index (χ0n) is 15.7. The summed E-state index contributed by atoms with van der Waals surface area (Å²) in [6, 6.07) is -0.478. The highest BCUT2D eigenvalue weighted by Gasteiger charge is 2.48. The van der Waals surface area contributed by atoms with E-state index in [1.54, 1.807) is 0 Å². The first-order chi connectivity index (χ1) is 12.5. The van der Waals surface area contributed by atoms with E-state index in [-0.39, 0.29) is 31.5 Å². The predicted molar refractivity (Wildman–Crippen MR) is 94.2 cm³/mol. The van der Waals surface area contributed by atoms with Crippen molar-refractivity contribution in [3.05, 3.63) is 16.4 Å². The van der Waals surface area contributed by atoms with E-state index in [9.17, 15) is 23.1 Å². The zero-order chi connectivity index (χ0) is 20.0. The minimum absolute atomic E-state index is 0.0431. The molecule has 0 saturated carbocycles. The molecule has 0 aromatic carbocycles. The highest BCUT2D eigenvalue weighted by atomic mass is 19.4. The maximum absolute atomic E-state index is 13.6. The van der Waals surface area contributed by atoms with Gasteiger partial charge in [-0.3, -0.25) is 9.36 Å². The quantitative estimate of drug-likeness (QED) is 0.841. The van der Waals surface area contributed by atoms with Crippen LogP contribution in [0.4, 0.5) is 24.9 Å². The number of halogens is 3. The smallest absolute Gasteiger partial charge is 0.389 e. The molecule has 1 fully saturated rings. The summed E-state index contributed by atoms with van der Waals surface area (Å²) in [7, 11) is 0. The van der Waals surface area contributed by atoms with Crippen molar-refractivity contribution >= 4 is 11.8 Å². The van der Waals surface area contributed by atoms with Gasteiger partial charge in [0.05, 0.1) is 24.9 Å². The highest BCUT2D eigenvalue weighted by Crippen LogP contribution is 2.35. The van der Waals surface area contributed by atoms with Crippen LogP contribution in [0.25, 0.3) is 0 Å². The third-order valence-electron chi connectivity index (χ3n) is 4.83. The zero-order valence-corrected chi connectivity index (χ0v) is 15.7. The van der Waals surface area contributed by atoms with Gasteiger partial charge in [0.2, 0.25) is 5.95 Å². The average Bonchev–Trinajstić information content (AvgIpc) is 2.53. The molecule has 1 aromatic heterocycles.